The largest absolute Gasteiger partial charge is 0.497 e. The van der Waals surface area contributed by atoms with Crippen molar-refractivity contribution in [2.24, 2.45) is 0 Å². The fourth-order valence-electron chi connectivity index (χ4n) is 2.66. The maximum Gasteiger partial charge on any atom is 0.309 e. The van der Waals surface area contributed by atoms with Crippen LogP contribution in [0.1, 0.15) is 19.0 Å². The Labute approximate surface area is 183 Å². The molecule has 31 heavy (non-hydrogen) atoms. The molecule has 7 nitrogen and oxygen atoms in total. The summed E-state index contributed by atoms with van der Waals surface area (Å²) in [5.74, 6) is -0.0139. The van der Waals surface area contributed by atoms with E-state index in [1.165, 1.54) is 24.0 Å². The molecule has 0 atom stereocenters. The van der Waals surface area contributed by atoms with Crippen LogP contribution in [0.25, 0.3) is 0 Å². The van der Waals surface area contributed by atoms with Crippen LogP contribution in [-0.2, 0) is 20.9 Å². The lowest BCUT2D eigenvalue weighted by Crippen LogP contribution is -2.23. The lowest BCUT2D eigenvalue weighted by atomic mass is 10.3. The number of nitrogens with zero attached hydrogens (tertiary/aromatic N) is 2. The Kier molecular flexibility index (Phi) is 7.55. The molecule has 9 heteroatoms. The summed E-state index contributed by atoms with van der Waals surface area (Å²) in [7, 11) is 1.58. The van der Waals surface area contributed by atoms with E-state index in [9.17, 15) is 14.0 Å². The van der Waals surface area contributed by atoms with Gasteiger partial charge in [0.15, 0.2) is 5.13 Å². The monoisotopic (exact) mass is 444 g/mol. The predicted molar refractivity (Wildman–Crippen MR) is 114 cm³/mol. The van der Waals surface area contributed by atoms with Crippen molar-refractivity contribution >= 4 is 34.0 Å². The standard InChI is InChI=1S/C22H21FN2O5S/c1-15(26)25(20-6-4-3-5-19(20)23)22-24-16(14-31-22)13-30-21(27)11-12-29-18-9-7-17(28-2)8-10-18/h3-10,14H,11-13H2,1-2H3. The number of thiazole rings is 1. The van der Waals surface area contributed by atoms with Crippen LogP contribution in [0.5, 0.6) is 11.5 Å². The van der Waals surface area contributed by atoms with Crippen molar-refractivity contribution in [1.82, 2.24) is 4.98 Å². The van der Waals surface area contributed by atoms with E-state index in [1.807, 2.05) is 0 Å². The molecule has 0 saturated carbocycles. The van der Waals surface area contributed by atoms with E-state index in [0.29, 0.717) is 22.3 Å². The Morgan fingerprint density at radius 3 is 2.48 bits per heavy atom. The van der Waals surface area contributed by atoms with E-state index in [4.69, 9.17) is 14.2 Å². The number of hydrogen-bond donors (Lipinski definition) is 0. The predicted octanol–water partition coefficient (Wildman–Crippen LogP) is 4.49. The lowest BCUT2D eigenvalue weighted by Gasteiger charge is -2.18. The van der Waals surface area contributed by atoms with Crippen molar-refractivity contribution in [1.29, 1.82) is 0 Å². The average Bonchev–Trinajstić information content (AvgIpc) is 3.22. The minimum atomic E-state index is -0.530. The second-order valence-electron chi connectivity index (χ2n) is 6.36. The zero-order valence-corrected chi connectivity index (χ0v) is 17.9. The number of amides is 1. The summed E-state index contributed by atoms with van der Waals surface area (Å²) >= 11 is 1.16. The number of hydrogen-bond acceptors (Lipinski definition) is 7. The van der Waals surface area contributed by atoms with E-state index in [2.05, 4.69) is 4.98 Å². The minimum Gasteiger partial charge on any atom is -0.497 e. The fraction of sp³-hybridized carbons (Fsp3) is 0.227. The third-order valence-corrected chi connectivity index (χ3v) is 5.03. The second-order valence-corrected chi connectivity index (χ2v) is 7.20. The van der Waals surface area contributed by atoms with Gasteiger partial charge in [0.1, 0.15) is 23.9 Å². The molecule has 1 heterocycles. The highest BCUT2D eigenvalue weighted by Crippen LogP contribution is 2.30. The molecule has 2 aromatic carbocycles. The molecule has 0 radical (unpaired) electrons. The Morgan fingerprint density at radius 1 is 1.10 bits per heavy atom. The summed E-state index contributed by atoms with van der Waals surface area (Å²) in [6.07, 6.45) is 0.0673. The van der Waals surface area contributed by atoms with Crippen LogP contribution in [0.2, 0.25) is 0 Å². The number of aromatic nitrogens is 1. The van der Waals surface area contributed by atoms with Gasteiger partial charge in [0.25, 0.3) is 0 Å². The highest BCUT2D eigenvalue weighted by molar-refractivity contribution is 7.14. The van der Waals surface area contributed by atoms with Crippen molar-refractivity contribution in [2.45, 2.75) is 20.0 Å². The van der Waals surface area contributed by atoms with Gasteiger partial charge in [0.05, 0.1) is 31.5 Å². The zero-order chi connectivity index (χ0) is 22.2. The first-order valence-corrected chi connectivity index (χ1v) is 10.3. The fourth-order valence-corrected chi connectivity index (χ4v) is 3.52. The number of carbonyl (C=O) groups excluding carboxylic acids is 2. The van der Waals surface area contributed by atoms with Crippen molar-refractivity contribution < 1.29 is 28.2 Å². The Hall–Kier alpha value is -3.46. The van der Waals surface area contributed by atoms with E-state index in [0.717, 1.165) is 11.3 Å². The van der Waals surface area contributed by atoms with Gasteiger partial charge in [0, 0.05) is 12.3 Å². The molecule has 162 valence electrons. The first kappa shape index (κ1) is 22.2. The quantitative estimate of drug-likeness (QED) is 0.453. The maximum absolute atomic E-state index is 14.1. The highest BCUT2D eigenvalue weighted by atomic mass is 32.1. The summed E-state index contributed by atoms with van der Waals surface area (Å²) in [6.45, 7) is 1.44. The van der Waals surface area contributed by atoms with Crippen molar-refractivity contribution in [3.8, 4) is 11.5 Å². The molecule has 0 saturated heterocycles. The molecule has 3 rings (SSSR count). The third-order valence-electron chi connectivity index (χ3n) is 4.15. The van der Waals surface area contributed by atoms with E-state index < -0.39 is 11.8 Å². The number of anilines is 2. The molecule has 0 bridgehead atoms. The van der Waals surface area contributed by atoms with Crippen LogP contribution in [0.3, 0.4) is 0 Å². The second kappa shape index (κ2) is 10.5. The van der Waals surface area contributed by atoms with Crippen LogP contribution < -0.4 is 14.4 Å². The Bertz CT molecular complexity index is 1040. The number of halogens is 1. The summed E-state index contributed by atoms with van der Waals surface area (Å²) in [6, 6.07) is 13.0. The molecule has 1 aromatic heterocycles. The van der Waals surface area contributed by atoms with Crippen molar-refractivity contribution in [2.75, 3.05) is 18.6 Å². The molecule has 0 aliphatic rings. The van der Waals surface area contributed by atoms with Gasteiger partial charge in [-0.3, -0.25) is 14.5 Å². The van der Waals surface area contributed by atoms with Crippen LogP contribution in [-0.4, -0.2) is 30.6 Å². The summed E-state index contributed by atoms with van der Waals surface area (Å²) in [5, 5.41) is 1.96. The lowest BCUT2D eigenvalue weighted by molar-refractivity contribution is -0.145. The molecule has 0 aliphatic carbocycles. The number of esters is 1. The van der Waals surface area contributed by atoms with Gasteiger partial charge < -0.3 is 14.2 Å². The molecule has 0 fully saturated rings. The van der Waals surface area contributed by atoms with E-state index in [1.54, 1.807) is 48.9 Å². The first-order valence-electron chi connectivity index (χ1n) is 9.40. The van der Waals surface area contributed by atoms with Gasteiger partial charge in [-0.15, -0.1) is 11.3 Å². The van der Waals surface area contributed by atoms with Crippen LogP contribution in [0.4, 0.5) is 15.2 Å². The zero-order valence-electron chi connectivity index (χ0n) is 17.0. The summed E-state index contributed by atoms with van der Waals surface area (Å²) < 4.78 is 29.9. The van der Waals surface area contributed by atoms with Crippen LogP contribution in [0, 0.1) is 5.82 Å². The minimum absolute atomic E-state index is 0.0547. The molecule has 0 unspecified atom stereocenters. The summed E-state index contributed by atoms with van der Waals surface area (Å²) in [5.41, 5.74) is 0.579. The van der Waals surface area contributed by atoms with Gasteiger partial charge in [-0.25, -0.2) is 9.37 Å². The van der Waals surface area contributed by atoms with Crippen LogP contribution in [0.15, 0.2) is 53.9 Å². The molecular weight excluding hydrogens is 423 g/mol. The normalized spacial score (nSPS) is 10.4. The molecule has 0 aliphatic heterocycles. The van der Waals surface area contributed by atoms with Gasteiger partial charge in [-0.05, 0) is 36.4 Å². The smallest absolute Gasteiger partial charge is 0.309 e. The van der Waals surface area contributed by atoms with E-state index in [-0.39, 0.29) is 31.2 Å². The number of para-hydroxylation sites is 1. The number of benzene rings is 2. The van der Waals surface area contributed by atoms with Crippen LogP contribution >= 0.6 is 11.3 Å². The molecule has 0 N–H and O–H groups in total. The van der Waals surface area contributed by atoms with Gasteiger partial charge >= 0.3 is 5.97 Å². The molecule has 0 spiro atoms. The molecule has 3 aromatic rings. The van der Waals surface area contributed by atoms with Crippen molar-refractivity contribution in [3.05, 3.63) is 65.4 Å². The molecule has 1 amide bonds. The maximum atomic E-state index is 14.1. The van der Waals surface area contributed by atoms with Gasteiger partial charge in [-0.2, -0.15) is 0 Å². The van der Waals surface area contributed by atoms with E-state index >= 15 is 0 Å². The van der Waals surface area contributed by atoms with Gasteiger partial charge in [0.2, 0.25) is 5.91 Å². The first-order chi connectivity index (χ1) is 15.0. The number of ether oxygens (including phenoxy) is 3. The number of carbonyl (C=O) groups is 2. The summed E-state index contributed by atoms with van der Waals surface area (Å²) in [4.78, 5) is 29.5. The highest BCUT2D eigenvalue weighted by Gasteiger charge is 2.21. The van der Waals surface area contributed by atoms with Crippen molar-refractivity contribution in [3.63, 3.8) is 0 Å². The number of rotatable bonds is 9. The Morgan fingerprint density at radius 2 is 1.81 bits per heavy atom. The molecular formula is C22H21FN2O5S. The average molecular weight is 444 g/mol. The SMILES string of the molecule is COc1ccc(OCCC(=O)OCc2csc(N(C(C)=O)c3ccccc3F)n2)cc1. The topological polar surface area (TPSA) is 78.0 Å². The Balaban J connectivity index is 1.51. The number of methoxy groups -OCH3 is 1. The van der Waals surface area contributed by atoms with Gasteiger partial charge in [-0.1, -0.05) is 12.1 Å². The third kappa shape index (κ3) is 6.02.